The molecular weight excluding hydrogens is 258 g/mol. The number of rotatable bonds is 3. The zero-order valence-electron chi connectivity index (χ0n) is 12.0. The first-order valence-electron chi connectivity index (χ1n) is 7.05. The lowest BCUT2D eigenvalue weighted by atomic mass is 10.0. The Bertz CT molecular complexity index is 787. The van der Waals surface area contributed by atoms with Crippen LogP contribution in [-0.2, 0) is 6.54 Å². The minimum Gasteiger partial charge on any atom is -0.348 e. The van der Waals surface area contributed by atoms with Crippen LogP contribution in [0.15, 0.2) is 66.7 Å². The van der Waals surface area contributed by atoms with Gasteiger partial charge in [0, 0.05) is 12.1 Å². The zero-order valence-corrected chi connectivity index (χ0v) is 12.0. The molecule has 0 atom stereocenters. The lowest BCUT2D eigenvalue weighted by molar-refractivity contribution is 0.0951. The maximum Gasteiger partial charge on any atom is 0.251 e. The van der Waals surface area contributed by atoms with Crippen LogP contribution in [0.4, 0.5) is 0 Å². The highest BCUT2D eigenvalue weighted by Crippen LogP contribution is 2.18. The van der Waals surface area contributed by atoms with Crippen LogP contribution in [0.3, 0.4) is 0 Å². The molecule has 104 valence electrons. The first-order valence-corrected chi connectivity index (χ1v) is 7.05. The number of amides is 1. The molecule has 0 spiro atoms. The SMILES string of the molecule is Cc1cccc(C(=O)NCc2cccc3ccccc23)c1. The van der Waals surface area contributed by atoms with E-state index in [2.05, 4.69) is 29.6 Å². The number of fused-ring (bicyclic) bond motifs is 1. The number of hydrogen-bond donors (Lipinski definition) is 1. The largest absolute Gasteiger partial charge is 0.348 e. The first kappa shape index (κ1) is 13.4. The molecule has 0 aliphatic rings. The van der Waals surface area contributed by atoms with E-state index in [1.54, 1.807) is 0 Å². The van der Waals surface area contributed by atoms with Crippen molar-refractivity contribution in [3.05, 3.63) is 83.4 Å². The maximum absolute atomic E-state index is 12.2. The van der Waals surface area contributed by atoms with E-state index in [-0.39, 0.29) is 5.91 Å². The molecule has 0 radical (unpaired) electrons. The molecule has 0 aliphatic carbocycles. The number of carbonyl (C=O) groups is 1. The van der Waals surface area contributed by atoms with Gasteiger partial charge in [-0.3, -0.25) is 4.79 Å². The maximum atomic E-state index is 12.2. The summed E-state index contributed by atoms with van der Waals surface area (Å²) in [5.74, 6) is -0.0355. The van der Waals surface area contributed by atoms with E-state index in [9.17, 15) is 4.79 Å². The molecule has 0 fully saturated rings. The summed E-state index contributed by atoms with van der Waals surface area (Å²) in [6.45, 7) is 2.52. The van der Waals surface area contributed by atoms with Crippen LogP contribution in [0, 0.1) is 6.92 Å². The fraction of sp³-hybridized carbons (Fsp3) is 0.105. The Morgan fingerprint density at radius 3 is 2.57 bits per heavy atom. The monoisotopic (exact) mass is 275 g/mol. The Labute approximate surface area is 124 Å². The third kappa shape index (κ3) is 2.95. The Balaban J connectivity index is 1.79. The van der Waals surface area contributed by atoms with Gasteiger partial charge in [-0.25, -0.2) is 0 Å². The molecular formula is C19H17NO. The van der Waals surface area contributed by atoms with Crippen LogP contribution in [0.25, 0.3) is 10.8 Å². The molecule has 3 aromatic rings. The Hall–Kier alpha value is -2.61. The van der Waals surface area contributed by atoms with Gasteiger partial charge in [0.1, 0.15) is 0 Å². The average molecular weight is 275 g/mol. The lowest BCUT2D eigenvalue weighted by Crippen LogP contribution is -2.22. The number of hydrogen-bond acceptors (Lipinski definition) is 1. The summed E-state index contributed by atoms with van der Waals surface area (Å²) >= 11 is 0. The summed E-state index contributed by atoms with van der Waals surface area (Å²) in [6.07, 6.45) is 0. The van der Waals surface area contributed by atoms with Gasteiger partial charge >= 0.3 is 0 Å². The van der Waals surface area contributed by atoms with Crippen LogP contribution in [0.2, 0.25) is 0 Å². The molecule has 0 bridgehead atoms. The second-order valence-electron chi connectivity index (χ2n) is 5.19. The predicted molar refractivity (Wildman–Crippen MR) is 86.3 cm³/mol. The first-order chi connectivity index (χ1) is 10.2. The van der Waals surface area contributed by atoms with Crippen molar-refractivity contribution in [3.63, 3.8) is 0 Å². The summed E-state index contributed by atoms with van der Waals surface area (Å²) < 4.78 is 0. The predicted octanol–water partition coefficient (Wildman–Crippen LogP) is 4.08. The molecule has 3 aromatic carbocycles. The van der Waals surface area contributed by atoms with Gasteiger partial charge in [-0.05, 0) is 35.4 Å². The highest BCUT2D eigenvalue weighted by Gasteiger charge is 2.06. The van der Waals surface area contributed by atoms with E-state index in [1.807, 2.05) is 49.4 Å². The summed E-state index contributed by atoms with van der Waals surface area (Å²) in [4.78, 5) is 12.2. The fourth-order valence-corrected chi connectivity index (χ4v) is 2.51. The normalized spacial score (nSPS) is 10.5. The van der Waals surface area contributed by atoms with Crippen LogP contribution in [0.5, 0.6) is 0 Å². The standard InChI is InChI=1S/C19H17NO/c1-14-6-4-9-16(12-14)19(21)20-13-17-10-5-8-15-7-2-3-11-18(15)17/h2-12H,13H2,1H3,(H,20,21). The molecule has 0 saturated carbocycles. The Kier molecular flexibility index (Phi) is 3.69. The summed E-state index contributed by atoms with van der Waals surface area (Å²) in [7, 11) is 0. The number of aryl methyl sites for hydroxylation is 1. The van der Waals surface area contributed by atoms with Crippen molar-refractivity contribution in [1.29, 1.82) is 0 Å². The van der Waals surface area contributed by atoms with E-state index < -0.39 is 0 Å². The molecule has 0 aliphatic heterocycles. The second-order valence-corrected chi connectivity index (χ2v) is 5.19. The molecule has 1 amide bonds. The molecule has 0 aromatic heterocycles. The van der Waals surface area contributed by atoms with Gasteiger partial charge in [-0.1, -0.05) is 60.2 Å². The van der Waals surface area contributed by atoms with Gasteiger partial charge in [0.05, 0.1) is 0 Å². The van der Waals surface area contributed by atoms with Gasteiger partial charge in [0.15, 0.2) is 0 Å². The molecule has 2 nitrogen and oxygen atoms in total. The smallest absolute Gasteiger partial charge is 0.251 e. The Morgan fingerprint density at radius 2 is 1.71 bits per heavy atom. The third-order valence-electron chi connectivity index (χ3n) is 3.60. The van der Waals surface area contributed by atoms with Crippen LogP contribution in [-0.4, -0.2) is 5.91 Å². The van der Waals surface area contributed by atoms with Crippen molar-refractivity contribution in [2.75, 3.05) is 0 Å². The van der Waals surface area contributed by atoms with E-state index in [1.165, 1.54) is 10.8 Å². The lowest BCUT2D eigenvalue weighted by Gasteiger charge is -2.09. The quantitative estimate of drug-likeness (QED) is 0.766. The second kappa shape index (κ2) is 5.80. The van der Waals surface area contributed by atoms with Crippen LogP contribution < -0.4 is 5.32 Å². The van der Waals surface area contributed by atoms with Crippen LogP contribution >= 0.6 is 0 Å². The van der Waals surface area contributed by atoms with E-state index in [0.29, 0.717) is 12.1 Å². The molecule has 0 saturated heterocycles. The fourth-order valence-electron chi connectivity index (χ4n) is 2.51. The van der Waals surface area contributed by atoms with E-state index >= 15 is 0 Å². The molecule has 3 rings (SSSR count). The van der Waals surface area contributed by atoms with Crippen molar-refractivity contribution < 1.29 is 4.79 Å². The van der Waals surface area contributed by atoms with Crippen LogP contribution in [0.1, 0.15) is 21.5 Å². The number of benzene rings is 3. The molecule has 2 heteroatoms. The summed E-state index contributed by atoms with van der Waals surface area (Å²) in [5, 5.41) is 5.37. The minimum absolute atomic E-state index is 0.0355. The minimum atomic E-state index is -0.0355. The Morgan fingerprint density at radius 1 is 0.952 bits per heavy atom. The van der Waals surface area contributed by atoms with Crippen molar-refractivity contribution in [1.82, 2.24) is 5.32 Å². The molecule has 0 heterocycles. The zero-order chi connectivity index (χ0) is 14.7. The highest BCUT2D eigenvalue weighted by molar-refractivity contribution is 5.94. The van der Waals surface area contributed by atoms with Gasteiger partial charge in [0.2, 0.25) is 0 Å². The van der Waals surface area contributed by atoms with Crippen molar-refractivity contribution >= 4 is 16.7 Å². The van der Waals surface area contributed by atoms with E-state index in [4.69, 9.17) is 0 Å². The van der Waals surface area contributed by atoms with Crippen molar-refractivity contribution in [2.24, 2.45) is 0 Å². The average Bonchev–Trinajstić information content (AvgIpc) is 2.52. The molecule has 1 N–H and O–H groups in total. The topological polar surface area (TPSA) is 29.1 Å². The van der Waals surface area contributed by atoms with Crippen molar-refractivity contribution in [2.45, 2.75) is 13.5 Å². The number of carbonyl (C=O) groups excluding carboxylic acids is 1. The third-order valence-corrected chi connectivity index (χ3v) is 3.60. The van der Waals surface area contributed by atoms with Gasteiger partial charge in [-0.2, -0.15) is 0 Å². The number of nitrogens with one attached hydrogen (secondary N) is 1. The molecule has 21 heavy (non-hydrogen) atoms. The van der Waals surface area contributed by atoms with Gasteiger partial charge in [-0.15, -0.1) is 0 Å². The van der Waals surface area contributed by atoms with Gasteiger partial charge in [0.25, 0.3) is 5.91 Å². The van der Waals surface area contributed by atoms with Gasteiger partial charge < -0.3 is 5.32 Å². The molecule has 0 unspecified atom stereocenters. The summed E-state index contributed by atoms with van der Waals surface area (Å²) in [5.41, 5.74) is 2.93. The summed E-state index contributed by atoms with van der Waals surface area (Å²) in [6, 6.07) is 22.0. The highest BCUT2D eigenvalue weighted by atomic mass is 16.1. The van der Waals surface area contributed by atoms with E-state index in [0.717, 1.165) is 11.1 Å². The van der Waals surface area contributed by atoms with Crippen molar-refractivity contribution in [3.8, 4) is 0 Å².